The van der Waals surface area contributed by atoms with Crippen LogP contribution >= 0.6 is 0 Å². The van der Waals surface area contributed by atoms with Gasteiger partial charge in [0.25, 0.3) is 0 Å². The van der Waals surface area contributed by atoms with Gasteiger partial charge in [0.1, 0.15) is 12.2 Å². The lowest BCUT2D eigenvalue weighted by Gasteiger charge is -2.08. The number of esters is 1. The van der Waals surface area contributed by atoms with E-state index in [0.717, 1.165) is 0 Å². The minimum absolute atomic E-state index is 0.0691. The first-order valence-electron chi connectivity index (χ1n) is 4.34. The van der Waals surface area contributed by atoms with Gasteiger partial charge in [-0.1, -0.05) is 0 Å². The Bertz CT molecular complexity index is 311. The first-order valence-corrected chi connectivity index (χ1v) is 4.34. The van der Waals surface area contributed by atoms with Crippen LogP contribution < -0.4 is 0 Å². The van der Waals surface area contributed by atoms with Gasteiger partial charge >= 0.3 is 5.97 Å². The molecule has 1 rings (SSSR count). The highest BCUT2D eigenvalue weighted by Gasteiger charge is 2.16. The first-order chi connectivity index (χ1) is 6.63. The van der Waals surface area contributed by atoms with Gasteiger partial charge in [-0.2, -0.15) is 5.10 Å². The predicted molar refractivity (Wildman–Crippen MR) is 47.4 cm³/mol. The van der Waals surface area contributed by atoms with Gasteiger partial charge in [0.2, 0.25) is 0 Å². The Morgan fingerprint density at radius 3 is 3.00 bits per heavy atom. The van der Waals surface area contributed by atoms with Crippen LogP contribution in [0.4, 0.5) is 0 Å². The van der Waals surface area contributed by atoms with Crippen LogP contribution in [-0.2, 0) is 16.1 Å². The third-order valence-corrected chi connectivity index (χ3v) is 1.57. The summed E-state index contributed by atoms with van der Waals surface area (Å²) in [5.74, 6) is -0.0401. The van der Waals surface area contributed by atoms with Crippen LogP contribution in [0, 0.1) is 6.92 Å². The molecule has 0 unspecified atom stereocenters. The summed E-state index contributed by atoms with van der Waals surface area (Å²) in [7, 11) is 0. The molecular weight excluding hydrogens is 186 g/mol. The molecule has 1 atom stereocenters. The SMILES string of the molecule is CCOC(=O)[C@H](O)Cn1cnc(C)n1. The number of carbonyl (C=O) groups excluding carboxylic acids is 1. The molecule has 1 aromatic heterocycles. The third-order valence-electron chi connectivity index (χ3n) is 1.57. The average Bonchev–Trinajstić information content (AvgIpc) is 2.51. The van der Waals surface area contributed by atoms with E-state index in [-0.39, 0.29) is 13.2 Å². The normalized spacial score (nSPS) is 12.5. The van der Waals surface area contributed by atoms with Crippen LogP contribution in [0.25, 0.3) is 0 Å². The lowest BCUT2D eigenvalue weighted by Crippen LogP contribution is -2.28. The lowest BCUT2D eigenvalue weighted by atomic mass is 10.3. The molecule has 0 fully saturated rings. The minimum Gasteiger partial charge on any atom is -0.464 e. The van der Waals surface area contributed by atoms with E-state index in [9.17, 15) is 9.90 Å². The van der Waals surface area contributed by atoms with Gasteiger partial charge in [0.15, 0.2) is 6.10 Å². The van der Waals surface area contributed by atoms with E-state index in [1.165, 1.54) is 11.0 Å². The monoisotopic (exact) mass is 199 g/mol. The number of nitrogens with zero attached hydrogens (tertiary/aromatic N) is 3. The van der Waals surface area contributed by atoms with Crippen molar-refractivity contribution < 1.29 is 14.6 Å². The van der Waals surface area contributed by atoms with E-state index >= 15 is 0 Å². The van der Waals surface area contributed by atoms with Crippen molar-refractivity contribution >= 4 is 5.97 Å². The van der Waals surface area contributed by atoms with Gasteiger partial charge in [-0.25, -0.2) is 14.5 Å². The molecule has 1 N–H and O–H groups in total. The molecule has 0 amide bonds. The van der Waals surface area contributed by atoms with Gasteiger partial charge in [-0.3, -0.25) is 0 Å². The van der Waals surface area contributed by atoms with Crippen molar-refractivity contribution in [2.45, 2.75) is 26.5 Å². The van der Waals surface area contributed by atoms with Crippen molar-refractivity contribution in [2.75, 3.05) is 6.61 Å². The molecule has 14 heavy (non-hydrogen) atoms. The summed E-state index contributed by atoms with van der Waals surface area (Å²) in [5, 5.41) is 13.3. The van der Waals surface area contributed by atoms with Crippen molar-refractivity contribution in [3.63, 3.8) is 0 Å². The number of ether oxygens (including phenoxy) is 1. The highest BCUT2D eigenvalue weighted by molar-refractivity contribution is 5.74. The first kappa shape index (κ1) is 10.6. The maximum absolute atomic E-state index is 11.0. The van der Waals surface area contributed by atoms with Gasteiger partial charge in [0, 0.05) is 0 Å². The van der Waals surface area contributed by atoms with Crippen molar-refractivity contribution in [3.8, 4) is 0 Å². The second kappa shape index (κ2) is 4.71. The average molecular weight is 199 g/mol. The number of hydrogen-bond acceptors (Lipinski definition) is 5. The molecule has 1 heterocycles. The molecule has 6 nitrogen and oxygen atoms in total. The van der Waals surface area contributed by atoms with Crippen molar-refractivity contribution in [2.24, 2.45) is 0 Å². The molecule has 1 aromatic rings. The van der Waals surface area contributed by atoms with Crippen molar-refractivity contribution in [1.82, 2.24) is 14.8 Å². The highest BCUT2D eigenvalue weighted by atomic mass is 16.5. The van der Waals surface area contributed by atoms with Gasteiger partial charge in [-0.15, -0.1) is 0 Å². The summed E-state index contributed by atoms with van der Waals surface area (Å²) in [6, 6.07) is 0. The Morgan fingerprint density at radius 1 is 1.79 bits per heavy atom. The number of hydrogen-bond donors (Lipinski definition) is 1. The molecule has 0 aliphatic rings. The van der Waals surface area contributed by atoms with E-state index < -0.39 is 12.1 Å². The summed E-state index contributed by atoms with van der Waals surface area (Å²) < 4.78 is 6.03. The Balaban J connectivity index is 2.48. The zero-order valence-electron chi connectivity index (χ0n) is 8.17. The van der Waals surface area contributed by atoms with Gasteiger partial charge < -0.3 is 9.84 Å². The molecule has 6 heteroatoms. The molecule has 78 valence electrons. The number of aliphatic hydroxyl groups is 1. The van der Waals surface area contributed by atoms with Crippen molar-refractivity contribution in [3.05, 3.63) is 12.2 Å². The van der Waals surface area contributed by atoms with E-state index in [1.807, 2.05) is 0 Å². The van der Waals surface area contributed by atoms with Gasteiger partial charge in [0.05, 0.1) is 13.2 Å². The standard InChI is InChI=1S/C8H13N3O3/c1-3-14-8(13)7(12)4-11-5-9-6(2)10-11/h5,7,12H,3-4H2,1-2H3/t7-/m1/s1. The van der Waals surface area contributed by atoms with E-state index in [1.54, 1.807) is 13.8 Å². The summed E-state index contributed by atoms with van der Waals surface area (Å²) in [5.41, 5.74) is 0. The Kier molecular flexibility index (Phi) is 3.58. The van der Waals surface area contributed by atoms with E-state index in [0.29, 0.717) is 5.82 Å². The summed E-state index contributed by atoms with van der Waals surface area (Å²) in [6.07, 6.45) is 0.272. The third kappa shape index (κ3) is 2.81. The fourth-order valence-electron chi connectivity index (χ4n) is 0.966. The Hall–Kier alpha value is -1.43. The smallest absolute Gasteiger partial charge is 0.336 e. The topological polar surface area (TPSA) is 77.2 Å². The second-order valence-corrected chi connectivity index (χ2v) is 2.78. The highest BCUT2D eigenvalue weighted by Crippen LogP contribution is 1.94. The maximum atomic E-state index is 11.0. The van der Waals surface area contributed by atoms with Crippen LogP contribution in [0.5, 0.6) is 0 Å². The number of aromatic nitrogens is 3. The molecule has 0 aromatic carbocycles. The molecule has 0 saturated heterocycles. The van der Waals surface area contributed by atoms with Crippen LogP contribution in [0.3, 0.4) is 0 Å². The summed E-state index contributed by atoms with van der Waals surface area (Å²) >= 11 is 0. The fraction of sp³-hybridized carbons (Fsp3) is 0.625. The summed E-state index contributed by atoms with van der Waals surface area (Å²) in [6.45, 7) is 3.74. The second-order valence-electron chi connectivity index (χ2n) is 2.78. The van der Waals surface area contributed by atoms with Crippen LogP contribution in [0.1, 0.15) is 12.7 Å². The van der Waals surface area contributed by atoms with Crippen LogP contribution in [-0.4, -0.2) is 38.6 Å². The number of rotatable bonds is 4. The number of aliphatic hydroxyl groups excluding tert-OH is 1. The van der Waals surface area contributed by atoms with E-state index in [4.69, 9.17) is 0 Å². The largest absolute Gasteiger partial charge is 0.464 e. The quantitative estimate of drug-likeness (QED) is 0.662. The van der Waals surface area contributed by atoms with Crippen LogP contribution in [0.2, 0.25) is 0 Å². The Morgan fingerprint density at radius 2 is 2.50 bits per heavy atom. The predicted octanol–water partition coefficient (Wildman–Crippen LogP) is -0.489. The van der Waals surface area contributed by atoms with E-state index in [2.05, 4.69) is 14.8 Å². The lowest BCUT2D eigenvalue weighted by molar-refractivity contribution is -0.153. The molecule has 0 aliphatic carbocycles. The maximum Gasteiger partial charge on any atom is 0.336 e. The zero-order chi connectivity index (χ0) is 10.6. The molecule has 0 bridgehead atoms. The molecule has 0 saturated carbocycles. The van der Waals surface area contributed by atoms with Gasteiger partial charge in [-0.05, 0) is 13.8 Å². The molecule has 0 radical (unpaired) electrons. The summed E-state index contributed by atoms with van der Waals surface area (Å²) in [4.78, 5) is 14.9. The fourth-order valence-corrected chi connectivity index (χ4v) is 0.966. The number of carbonyl (C=O) groups is 1. The zero-order valence-corrected chi connectivity index (χ0v) is 8.17. The molecule has 0 aliphatic heterocycles. The number of aryl methyl sites for hydroxylation is 1. The minimum atomic E-state index is -1.18. The molecule has 0 spiro atoms. The Labute approximate surface area is 81.5 Å². The van der Waals surface area contributed by atoms with Crippen molar-refractivity contribution in [1.29, 1.82) is 0 Å². The molecular formula is C8H13N3O3. The van der Waals surface area contributed by atoms with Crippen LogP contribution in [0.15, 0.2) is 6.33 Å².